The second-order valence-corrected chi connectivity index (χ2v) is 7.94. The molecule has 3 rings (SSSR count). The van der Waals surface area contributed by atoms with E-state index in [4.69, 9.17) is 4.74 Å². The van der Waals surface area contributed by atoms with E-state index in [9.17, 15) is 22.8 Å². The molecule has 0 atom stereocenters. The molecule has 0 fully saturated rings. The van der Waals surface area contributed by atoms with Crippen LogP contribution < -0.4 is 14.8 Å². The number of halogens is 3. The number of hydrogen-bond donors (Lipinski definition) is 1. The lowest BCUT2D eigenvalue weighted by Crippen LogP contribution is -2.35. The van der Waals surface area contributed by atoms with E-state index in [0.717, 1.165) is 23.5 Å². The number of amides is 2. The number of carbonyl (C=O) groups excluding carboxylic acids is 2. The Morgan fingerprint density at radius 1 is 1.00 bits per heavy atom. The summed E-state index contributed by atoms with van der Waals surface area (Å²) in [6, 6.07) is 11.9. The summed E-state index contributed by atoms with van der Waals surface area (Å²) in [5, 5.41) is 2.84. The van der Waals surface area contributed by atoms with Crippen molar-refractivity contribution in [3.05, 3.63) is 59.8 Å². The summed E-state index contributed by atoms with van der Waals surface area (Å²) < 4.78 is 47.3. The summed E-state index contributed by atoms with van der Waals surface area (Å²) >= 11 is 0. The topological polar surface area (TPSA) is 67.9 Å². The minimum Gasteiger partial charge on any atom is -0.494 e. The predicted octanol–water partition coefficient (Wildman–Crippen LogP) is 5.22. The van der Waals surface area contributed by atoms with Gasteiger partial charge in [0.15, 0.2) is 0 Å². The van der Waals surface area contributed by atoms with Gasteiger partial charge in [-0.05, 0) is 42.2 Å². The highest BCUT2D eigenvalue weighted by molar-refractivity contribution is 6.36. The maximum Gasteiger partial charge on any atom is 0.573 e. The first kappa shape index (κ1) is 24.2. The first-order chi connectivity index (χ1) is 15.6. The molecule has 0 aromatic heterocycles. The van der Waals surface area contributed by atoms with E-state index in [1.54, 1.807) is 24.3 Å². The molecule has 0 spiro atoms. The Hall–Kier alpha value is -3.49. The number of imide groups is 1. The molecule has 33 heavy (non-hydrogen) atoms. The Morgan fingerprint density at radius 3 is 2.30 bits per heavy atom. The Balaban J connectivity index is 1.98. The van der Waals surface area contributed by atoms with Crippen LogP contribution in [0.25, 0.3) is 5.57 Å². The van der Waals surface area contributed by atoms with Gasteiger partial charge in [0.05, 0.1) is 12.2 Å². The first-order valence-corrected chi connectivity index (χ1v) is 10.6. The number of nitrogens with one attached hydrogen (secondary N) is 1. The van der Waals surface area contributed by atoms with E-state index in [1.165, 1.54) is 12.1 Å². The SMILES string of the molecule is CCCOc1ccc(C2=C(Nc3cccc(OC(F)(F)F)c3)C(=O)N(CC(C)C)C2=O)cc1. The van der Waals surface area contributed by atoms with Crippen molar-refractivity contribution in [2.24, 2.45) is 5.92 Å². The van der Waals surface area contributed by atoms with Crippen molar-refractivity contribution >= 4 is 23.1 Å². The molecular weight excluding hydrogens is 437 g/mol. The molecule has 6 nitrogen and oxygen atoms in total. The van der Waals surface area contributed by atoms with Crippen LogP contribution in [0.5, 0.6) is 11.5 Å². The van der Waals surface area contributed by atoms with Gasteiger partial charge in [0, 0.05) is 18.3 Å². The van der Waals surface area contributed by atoms with Gasteiger partial charge < -0.3 is 14.8 Å². The predicted molar refractivity (Wildman–Crippen MR) is 117 cm³/mol. The zero-order valence-corrected chi connectivity index (χ0v) is 18.5. The molecule has 0 saturated carbocycles. The fraction of sp³-hybridized carbons (Fsp3) is 0.333. The van der Waals surface area contributed by atoms with Gasteiger partial charge in [-0.3, -0.25) is 14.5 Å². The first-order valence-electron chi connectivity index (χ1n) is 10.6. The molecule has 0 unspecified atom stereocenters. The molecule has 0 aliphatic carbocycles. The molecule has 0 bridgehead atoms. The number of benzene rings is 2. The van der Waals surface area contributed by atoms with Gasteiger partial charge in [-0.25, -0.2) is 0 Å². The molecule has 0 radical (unpaired) electrons. The van der Waals surface area contributed by atoms with E-state index in [1.807, 2.05) is 20.8 Å². The van der Waals surface area contributed by atoms with Gasteiger partial charge in [-0.1, -0.05) is 39.0 Å². The van der Waals surface area contributed by atoms with E-state index in [2.05, 4.69) is 10.1 Å². The number of anilines is 1. The Bertz CT molecular complexity index is 1050. The fourth-order valence-electron chi connectivity index (χ4n) is 3.34. The molecule has 1 aliphatic heterocycles. The third kappa shape index (κ3) is 6.06. The van der Waals surface area contributed by atoms with Crippen LogP contribution in [-0.4, -0.2) is 36.2 Å². The largest absolute Gasteiger partial charge is 0.573 e. The lowest BCUT2D eigenvalue weighted by molar-refractivity contribution is -0.274. The summed E-state index contributed by atoms with van der Waals surface area (Å²) in [6.07, 6.45) is -4.01. The summed E-state index contributed by atoms with van der Waals surface area (Å²) in [7, 11) is 0. The van der Waals surface area contributed by atoms with Gasteiger partial charge >= 0.3 is 6.36 Å². The number of ether oxygens (including phenoxy) is 2. The molecule has 1 aliphatic rings. The van der Waals surface area contributed by atoms with Gasteiger partial charge in [0.2, 0.25) is 0 Å². The van der Waals surface area contributed by atoms with Crippen molar-refractivity contribution in [2.45, 2.75) is 33.6 Å². The fourth-order valence-corrected chi connectivity index (χ4v) is 3.34. The zero-order chi connectivity index (χ0) is 24.2. The van der Waals surface area contributed by atoms with Gasteiger partial charge in [0.1, 0.15) is 17.2 Å². The molecule has 1 N–H and O–H groups in total. The normalized spacial score (nSPS) is 14.3. The van der Waals surface area contributed by atoms with Crippen LogP contribution in [0, 0.1) is 5.92 Å². The standard InChI is InChI=1S/C24H25F3N2O4/c1-4-12-32-18-10-8-16(9-11-18)20-21(23(31)29(22(20)30)14-15(2)3)28-17-6-5-7-19(13-17)33-24(25,26)27/h5-11,13,15,28H,4,12,14H2,1-3H3. The molecule has 176 valence electrons. The van der Waals surface area contributed by atoms with E-state index in [-0.39, 0.29) is 29.4 Å². The third-order valence-electron chi connectivity index (χ3n) is 4.67. The number of hydrogen-bond acceptors (Lipinski definition) is 5. The number of carbonyl (C=O) groups is 2. The number of rotatable bonds is 9. The maximum absolute atomic E-state index is 13.2. The van der Waals surface area contributed by atoms with E-state index >= 15 is 0 Å². The Morgan fingerprint density at radius 2 is 1.70 bits per heavy atom. The van der Waals surface area contributed by atoms with E-state index in [0.29, 0.717) is 17.9 Å². The highest BCUT2D eigenvalue weighted by atomic mass is 19.4. The van der Waals surface area contributed by atoms with Crippen LogP contribution in [0.3, 0.4) is 0 Å². The second kappa shape index (κ2) is 9.97. The van der Waals surface area contributed by atoms with Gasteiger partial charge in [-0.15, -0.1) is 13.2 Å². The maximum atomic E-state index is 13.2. The van der Waals surface area contributed by atoms with Crippen LogP contribution in [0.1, 0.15) is 32.8 Å². The molecule has 0 saturated heterocycles. The lowest BCUT2D eigenvalue weighted by Gasteiger charge is -2.17. The van der Waals surface area contributed by atoms with Crippen LogP contribution in [0.4, 0.5) is 18.9 Å². The van der Waals surface area contributed by atoms with Crippen molar-refractivity contribution in [2.75, 3.05) is 18.5 Å². The van der Waals surface area contributed by atoms with Crippen LogP contribution in [0.2, 0.25) is 0 Å². The molecule has 9 heteroatoms. The minimum atomic E-state index is -4.85. The van der Waals surface area contributed by atoms with E-state index < -0.39 is 23.9 Å². The smallest absolute Gasteiger partial charge is 0.494 e. The third-order valence-corrected chi connectivity index (χ3v) is 4.67. The zero-order valence-electron chi connectivity index (χ0n) is 18.5. The van der Waals surface area contributed by atoms with Crippen LogP contribution in [0.15, 0.2) is 54.2 Å². The summed E-state index contributed by atoms with van der Waals surface area (Å²) in [5.74, 6) is -0.795. The van der Waals surface area contributed by atoms with Gasteiger partial charge in [-0.2, -0.15) is 0 Å². The molecule has 2 aromatic rings. The van der Waals surface area contributed by atoms with Crippen molar-refractivity contribution in [3.63, 3.8) is 0 Å². The van der Waals surface area contributed by atoms with Crippen molar-refractivity contribution in [3.8, 4) is 11.5 Å². The highest BCUT2D eigenvalue weighted by Crippen LogP contribution is 2.33. The molecular formula is C24H25F3N2O4. The Labute approximate surface area is 190 Å². The minimum absolute atomic E-state index is 0.00737. The summed E-state index contributed by atoms with van der Waals surface area (Å²) in [6.45, 7) is 6.50. The van der Waals surface area contributed by atoms with Crippen molar-refractivity contribution in [1.82, 2.24) is 4.90 Å². The second-order valence-electron chi connectivity index (χ2n) is 7.94. The summed E-state index contributed by atoms with van der Waals surface area (Å²) in [4.78, 5) is 27.4. The lowest BCUT2D eigenvalue weighted by atomic mass is 10.0. The number of nitrogens with zero attached hydrogens (tertiary/aromatic N) is 1. The summed E-state index contributed by atoms with van der Waals surface area (Å²) in [5.41, 5.74) is 0.810. The average molecular weight is 462 g/mol. The quantitative estimate of drug-likeness (QED) is 0.518. The van der Waals surface area contributed by atoms with Crippen molar-refractivity contribution < 1.29 is 32.2 Å². The molecule has 2 amide bonds. The monoisotopic (exact) mass is 462 g/mol. The Kier molecular flexibility index (Phi) is 7.30. The molecule has 1 heterocycles. The number of alkyl halides is 3. The van der Waals surface area contributed by atoms with Crippen LogP contribution >= 0.6 is 0 Å². The molecule has 2 aromatic carbocycles. The average Bonchev–Trinajstić information content (AvgIpc) is 2.95. The van der Waals surface area contributed by atoms with Crippen LogP contribution in [-0.2, 0) is 9.59 Å². The highest BCUT2D eigenvalue weighted by Gasteiger charge is 2.39. The van der Waals surface area contributed by atoms with Crippen molar-refractivity contribution in [1.29, 1.82) is 0 Å². The van der Waals surface area contributed by atoms with Gasteiger partial charge in [0.25, 0.3) is 11.8 Å².